The molecule has 0 aromatic rings. The SMILES string of the molecule is CCCCCS(=O)(=O)[O][Tl]. The average molecular weight is 356 g/mol. The molecule has 3 nitrogen and oxygen atoms in total. The van der Waals surface area contributed by atoms with Crippen LogP contribution in [0.5, 0.6) is 0 Å². The molecule has 0 aliphatic rings. The summed E-state index contributed by atoms with van der Waals surface area (Å²) in [5.74, 6) is 0.192. The normalized spacial score (nSPS) is 11.6. The Balaban J connectivity index is 3.49. The van der Waals surface area contributed by atoms with Crippen molar-refractivity contribution >= 4 is 36.3 Å². The number of rotatable bonds is 5. The molecule has 0 bridgehead atoms. The summed E-state index contributed by atoms with van der Waals surface area (Å²) in [5.41, 5.74) is 0. The second kappa shape index (κ2) is 5.48. The third kappa shape index (κ3) is 5.60. The van der Waals surface area contributed by atoms with Gasteiger partial charge in [0.2, 0.25) is 0 Å². The molecule has 0 rings (SSSR count). The quantitative estimate of drug-likeness (QED) is 0.536. The van der Waals surface area contributed by atoms with Gasteiger partial charge in [0, 0.05) is 0 Å². The molecular weight excluding hydrogens is 345 g/mol. The van der Waals surface area contributed by atoms with Crippen LogP contribution in [0.15, 0.2) is 0 Å². The molecule has 0 heterocycles. The minimum atomic E-state index is -3.12. The first-order chi connectivity index (χ1) is 4.62. The summed E-state index contributed by atoms with van der Waals surface area (Å²) in [7, 11) is -3.12. The second-order valence-electron chi connectivity index (χ2n) is 2.07. The molecule has 0 radical (unpaired) electrons. The Morgan fingerprint density at radius 2 is 2.00 bits per heavy atom. The van der Waals surface area contributed by atoms with Crippen molar-refractivity contribution in [3.8, 4) is 0 Å². The molecule has 0 fully saturated rings. The van der Waals surface area contributed by atoms with E-state index in [1.165, 1.54) is 0 Å². The van der Waals surface area contributed by atoms with Gasteiger partial charge in [-0.05, 0) is 0 Å². The van der Waals surface area contributed by atoms with E-state index in [0.29, 0.717) is 0 Å². The number of unbranched alkanes of at least 4 members (excludes halogenated alkanes) is 2. The number of hydrogen-bond acceptors (Lipinski definition) is 3. The molecule has 0 aliphatic heterocycles. The van der Waals surface area contributed by atoms with E-state index < -0.39 is 10.1 Å². The van der Waals surface area contributed by atoms with Crippen molar-refractivity contribution < 1.29 is 10.6 Å². The summed E-state index contributed by atoms with van der Waals surface area (Å²) < 4.78 is 25.8. The fraction of sp³-hybridized carbons (Fsp3) is 1.00. The summed E-state index contributed by atoms with van der Waals surface area (Å²) in [6.45, 7) is 2.04. The van der Waals surface area contributed by atoms with Gasteiger partial charge in [0.25, 0.3) is 0 Å². The van der Waals surface area contributed by atoms with Crippen LogP contribution in [0.25, 0.3) is 0 Å². The zero-order valence-electron chi connectivity index (χ0n) is 6.04. The summed E-state index contributed by atoms with van der Waals surface area (Å²) in [6, 6.07) is 0. The molecule has 10 heavy (non-hydrogen) atoms. The third-order valence-electron chi connectivity index (χ3n) is 1.14. The monoisotopic (exact) mass is 356 g/mol. The summed E-state index contributed by atoms with van der Waals surface area (Å²) in [4.78, 5) is 0. The van der Waals surface area contributed by atoms with E-state index in [2.05, 4.69) is 2.13 Å². The molecule has 0 atom stereocenters. The number of hydrogen-bond donors (Lipinski definition) is 0. The maximum atomic E-state index is 10.7. The Kier molecular flexibility index (Phi) is 5.93. The van der Waals surface area contributed by atoms with Crippen molar-refractivity contribution in [2.45, 2.75) is 26.2 Å². The standard InChI is InChI=1S/C5H12O3S.Tl/c1-2-3-4-5-9(6,7)8;/h2-5H2,1H3,(H,6,7,8);/q;+1/p-1. The summed E-state index contributed by atoms with van der Waals surface area (Å²) >= 11 is 0.0941. The molecule has 0 aromatic heterocycles. The van der Waals surface area contributed by atoms with Crippen LogP contribution in [0.1, 0.15) is 26.2 Å². The van der Waals surface area contributed by atoms with E-state index >= 15 is 0 Å². The fourth-order valence-corrected chi connectivity index (χ4v) is 2.35. The van der Waals surface area contributed by atoms with Gasteiger partial charge < -0.3 is 0 Å². The topological polar surface area (TPSA) is 43.4 Å². The van der Waals surface area contributed by atoms with Crippen LogP contribution < -0.4 is 0 Å². The van der Waals surface area contributed by atoms with E-state index in [1.807, 2.05) is 6.92 Å². The molecule has 0 saturated carbocycles. The van der Waals surface area contributed by atoms with Crippen LogP contribution in [0.4, 0.5) is 0 Å². The Bertz CT molecular complexity index is 164. The molecule has 0 saturated heterocycles. The molecular formula is C5H11O3STl. The summed E-state index contributed by atoms with van der Waals surface area (Å²) in [6.07, 6.45) is 2.73. The molecule has 0 unspecified atom stereocenters. The van der Waals surface area contributed by atoms with Gasteiger partial charge >= 0.3 is 78.8 Å². The van der Waals surface area contributed by atoms with Crippen LogP contribution in [0.3, 0.4) is 0 Å². The van der Waals surface area contributed by atoms with Crippen LogP contribution in [0, 0.1) is 0 Å². The van der Waals surface area contributed by atoms with Gasteiger partial charge in [-0.1, -0.05) is 0 Å². The Labute approximate surface area is 78.6 Å². The second-order valence-corrected chi connectivity index (χ2v) is 6.03. The van der Waals surface area contributed by atoms with Crippen LogP contribution in [-0.2, 0) is 12.3 Å². The van der Waals surface area contributed by atoms with Gasteiger partial charge in [0.1, 0.15) is 0 Å². The van der Waals surface area contributed by atoms with Crippen molar-refractivity contribution in [2.24, 2.45) is 0 Å². The molecule has 58 valence electrons. The van der Waals surface area contributed by atoms with Crippen molar-refractivity contribution in [1.82, 2.24) is 0 Å². The predicted octanol–water partition coefficient (Wildman–Crippen LogP) is 0.607. The first-order valence-corrected chi connectivity index (χ1v) is 6.64. The predicted molar refractivity (Wildman–Crippen MR) is 40.2 cm³/mol. The zero-order valence-corrected chi connectivity index (χ0v) is 11.3. The van der Waals surface area contributed by atoms with Crippen molar-refractivity contribution in [2.75, 3.05) is 5.75 Å². The molecule has 0 aliphatic carbocycles. The molecule has 0 N–H and O–H groups in total. The molecule has 5 heteroatoms. The molecule has 0 amide bonds. The van der Waals surface area contributed by atoms with Gasteiger partial charge in [0.15, 0.2) is 0 Å². The van der Waals surface area contributed by atoms with Crippen molar-refractivity contribution in [3.05, 3.63) is 0 Å². The van der Waals surface area contributed by atoms with Gasteiger partial charge in [-0.2, -0.15) is 0 Å². The maximum absolute atomic E-state index is 10.7. The van der Waals surface area contributed by atoms with Gasteiger partial charge in [0.05, 0.1) is 0 Å². The van der Waals surface area contributed by atoms with Gasteiger partial charge in [-0.3, -0.25) is 0 Å². The summed E-state index contributed by atoms with van der Waals surface area (Å²) in [5, 5.41) is 0. The van der Waals surface area contributed by atoms with Crippen molar-refractivity contribution in [1.29, 1.82) is 0 Å². The third-order valence-corrected chi connectivity index (χ3v) is 5.65. The van der Waals surface area contributed by atoms with E-state index in [9.17, 15) is 8.42 Å². The Morgan fingerprint density at radius 1 is 1.40 bits per heavy atom. The zero-order chi connectivity index (χ0) is 8.04. The van der Waals surface area contributed by atoms with E-state index in [0.717, 1.165) is 19.3 Å². The van der Waals surface area contributed by atoms with Gasteiger partial charge in [-0.25, -0.2) is 0 Å². The van der Waals surface area contributed by atoms with E-state index in [-0.39, 0.29) is 32.0 Å². The fourth-order valence-electron chi connectivity index (χ4n) is 0.577. The minimum absolute atomic E-state index is 0.0941. The first kappa shape index (κ1) is 10.8. The Hall–Kier alpha value is 0.832. The van der Waals surface area contributed by atoms with Crippen LogP contribution in [-0.4, -0.2) is 40.4 Å². The average Bonchev–Trinajstić information content (AvgIpc) is 1.89. The van der Waals surface area contributed by atoms with Crippen LogP contribution in [0.2, 0.25) is 0 Å². The van der Waals surface area contributed by atoms with E-state index in [1.54, 1.807) is 0 Å². The molecule has 0 aromatic carbocycles. The Morgan fingerprint density at radius 3 is 2.40 bits per heavy atom. The first-order valence-electron chi connectivity index (χ1n) is 3.23. The van der Waals surface area contributed by atoms with Crippen LogP contribution >= 0.6 is 0 Å². The molecule has 0 spiro atoms. The van der Waals surface area contributed by atoms with Crippen molar-refractivity contribution in [3.63, 3.8) is 0 Å². The van der Waals surface area contributed by atoms with E-state index in [4.69, 9.17) is 0 Å². The van der Waals surface area contributed by atoms with Gasteiger partial charge in [-0.15, -0.1) is 0 Å².